The Morgan fingerprint density at radius 3 is 2.69 bits per heavy atom. The number of nitrogens with one attached hydrogen (secondary N) is 3. The average Bonchev–Trinajstić information content (AvgIpc) is 3.61. The Hall–Kier alpha value is -4.86. The van der Waals surface area contributed by atoms with Crippen molar-refractivity contribution in [2.75, 3.05) is 5.32 Å². The van der Waals surface area contributed by atoms with Gasteiger partial charge in [-0.3, -0.25) is 19.4 Å². The highest BCUT2D eigenvalue weighted by molar-refractivity contribution is 5.98. The summed E-state index contributed by atoms with van der Waals surface area (Å²) in [6.45, 7) is 5.65. The molecule has 6 rings (SSSR count). The molecule has 0 bridgehead atoms. The molecule has 0 aliphatic carbocycles. The Balaban J connectivity index is 1.41. The second kappa shape index (κ2) is 8.42. The molecule has 3 N–H and O–H groups in total. The number of hydrogen-bond donors (Lipinski definition) is 3. The second-order valence-corrected chi connectivity index (χ2v) is 9.00. The zero-order valence-corrected chi connectivity index (χ0v) is 19.9. The number of aromatic nitrogens is 8. The van der Waals surface area contributed by atoms with Gasteiger partial charge in [-0.1, -0.05) is 13.8 Å². The zero-order valence-electron chi connectivity index (χ0n) is 19.9. The van der Waals surface area contributed by atoms with E-state index < -0.39 is 0 Å². The molecular weight excluding hydrogens is 454 g/mol. The molecule has 36 heavy (non-hydrogen) atoms. The molecule has 10 nitrogen and oxygen atoms in total. The fourth-order valence-corrected chi connectivity index (χ4v) is 4.13. The van der Waals surface area contributed by atoms with Crippen molar-refractivity contribution in [3.8, 4) is 28.3 Å². The number of pyridine rings is 3. The van der Waals surface area contributed by atoms with E-state index in [2.05, 4.69) is 46.5 Å². The molecule has 1 amide bonds. The van der Waals surface area contributed by atoms with E-state index in [0.29, 0.717) is 11.3 Å². The molecule has 0 saturated heterocycles. The van der Waals surface area contributed by atoms with Gasteiger partial charge in [0, 0.05) is 52.6 Å². The quantitative estimate of drug-likeness (QED) is 0.331. The van der Waals surface area contributed by atoms with Crippen LogP contribution in [0.3, 0.4) is 0 Å². The van der Waals surface area contributed by atoms with Crippen molar-refractivity contribution < 1.29 is 4.79 Å². The van der Waals surface area contributed by atoms with Crippen LogP contribution < -0.4 is 5.32 Å². The Morgan fingerprint density at radius 2 is 1.89 bits per heavy atom. The van der Waals surface area contributed by atoms with Crippen LogP contribution in [0.15, 0.2) is 61.6 Å². The van der Waals surface area contributed by atoms with Crippen LogP contribution in [0.2, 0.25) is 0 Å². The number of hydrogen-bond acceptors (Lipinski definition) is 6. The van der Waals surface area contributed by atoms with Gasteiger partial charge in [-0.2, -0.15) is 5.10 Å². The molecule has 0 saturated carbocycles. The summed E-state index contributed by atoms with van der Waals surface area (Å²) in [7, 11) is 0. The van der Waals surface area contributed by atoms with Crippen LogP contribution in [0.1, 0.15) is 19.5 Å². The van der Waals surface area contributed by atoms with Gasteiger partial charge < -0.3 is 10.3 Å². The largest absolute Gasteiger partial charge is 0.353 e. The number of carbonyl (C=O) groups is 1. The van der Waals surface area contributed by atoms with Crippen molar-refractivity contribution >= 4 is 33.5 Å². The molecule has 178 valence electrons. The molecule has 0 radical (unpaired) electrons. The highest BCUT2D eigenvalue weighted by Crippen LogP contribution is 2.32. The van der Waals surface area contributed by atoms with E-state index in [-0.39, 0.29) is 11.8 Å². The van der Waals surface area contributed by atoms with Crippen molar-refractivity contribution in [1.82, 2.24) is 39.7 Å². The Bertz CT molecular complexity index is 1740. The molecule has 0 aliphatic rings. The van der Waals surface area contributed by atoms with E-state index in [1.807, 2.05) is 49.7 Å². The molecule has 6 aromatic rings. The normalized spacial score (nSPS) is 11.6. The smallest absolute Gasteiger partial charge is 0.226 e. The van der Waals surface area contributed by atoms with Crippen LogP contribution in [0.25, 0.3) is 50.3 Å². The van der Waals surface area contributed by atoms with Gasteiger partial charge in [-0.25, -0.2) is 15.0 Å². The van der Waals surface area contributed by atoms with E-state index in [1.54, 1.807) is 31.1 Å². The van der Waals surface area contributed by atoms with Crippen LogP contribution in [-0.2, 0) is 4.79 Å². The third kappa shape index (κ3) is 3.78. The average molecular weight is 478 g/mol. The second-order valence-electron chi connectivity index (χ2n) is 9.00. The monoisotopic (exact) mass is 477 g/mol. The summed E-state index contributed by atoms with van der Waals surface area (Å²) in [6.07, 6.45) is 10.6. The molecule has 0 spiro atoms. The van der Waals surface area contributed by atoms with E-state index in [1.165, 1.54) is 0 Å². The van der Waals surface area contributed by atoms with Gasteiger partial charge in [-0.05, 0) is 31.2 Å². The minimum Gasteiger partial charge on any atom is -0.353 e. The number of imidazole rings is 1. The number of rotatable bonds is 5. The number of H-pyrrole nitrogens is 2. The lowest BCUT2D eigenvalue weighted by molar-refractivity contribution is -0.118. The van der Waals surface area contributed by atoms with Crippen molar-refractivity contribution in [2.45, 2.75) is 20.8 Å². The summed E-state index contributed by atoms with van der Waals surface area (Å²) in [6, 6.07) is 7.91. The lowest BCUT2D eigenvalue weighted by Gasteiger charge is -2.09. The molecule has 10 heteroatoms. The Morgan fingerprint density at radius 1 is 1.03 bits per heavy atom. The van der Waals surface area contributed by atoms with Crippen molar-refractivity contribution in [2.24, 2.45) is 5.92 Å². The van der Waals surface area contributed by atoms with Crippen molar-refractivity contribution in [3.63, 3.8) is 0 Å². The summed E-state index contributed by atoms with van der Waals surface area (Å²) >= 11 is 0. The van der Waals surface area contributed by atoms with Crippen molar-refractivity contribution in [3.05, 3.63) is 67.3 Å². The Labute approximate surface area is 205 Å². The topological polar surface area (TPSA) is 130 Å². The zero-order chi connectivity index (χ0) is 24.8. The fraction of sp³-hybridized carbons (Fsp3) is 0.154. The number of fused-ring (bicyclic) bond motifs is 2. The van der Waals surface area contributed by atoms with E-state index in [9.17, 15) is 4.79 Å². The summed E-state index contributed by atoms with van der Waals surface area (Å²) in [5.41, 5.74) is 6.52. The van der Waals surface area contributed by atoms with Gasteiger partial charge in [0.05, 0.1) is 34.5 Å². The predicted octanol–water partition coefficient (Wildman–Crippen LogP) is 4.65. The SMILES string of the molecule is Cc1cn(-c2nccc3[nH]c(-c4[nH]nc5ncc(-c6cncc(NC(=O)C(C)C)c6)cc45)cc23)cn1. The predicted molar refractivity (Wildman–Crippen MR) is 138 cm³/mol. The van der Waals surface area contributed by atoms with E-state index >= 15 is 0 Å². The highest BCUT2D eigenvalue weighted by Gasteiger charge is 2.16. The molecule has 0 aromatic carbocycles. The maximum absolute atomic E-state index is 12.1. The van der Waals surface area contributed by atoms with Crippen LogP contribution in [0, 0.1) is 12.8 Å². The molecule has 6 heterocycles. The lowest BCUT2D eigenvalue weighted by Crippen LogP contribution is -2.17. The highest BCUT2D eigenvalue weighted by atomic mass is 16.1. The summed E-state index contributed by atoms with van der Waals surface area (Å²) in [4.78, 5) is 33.3. The van der Waals surface area contributed by atoms with Gasteiger partial charge in [0.2, 0.25) is 5.91 Å². The van der Waals surface area contributed by atoms with Crippen LogP contribution in [0.4, 0.5) is 5.69 Å². The molecule has 0 unspecified atom stereocenters. The Kier molecular flexibility index (Phi) is 5.06. The maximum atomic E-state index is 12.1. The number of anilines is 1. The number of aryl methyl sites for hydroxylation is 1. The molecule has 6 aromatic heterocycles. The minimum atomic E-state index is -0.120. The maximum Gasteiger partial charge on any atom is 0.226 e. The number of aromatic amines is 2. The van der Waals surface area contributed by atoms with Gasteiger partial charge in [-0.15, -0.1) is 0 Å². The summed E-state index contributed by atoms with van der Waals surface area (Å²) in [5.74, 6) is 0.618. The van der Waals surface area contributed by atoms with Gasteiger partial charge in [0.25, 0.3) is 0 Å². The standard InChI is InChI=1S/C26H23N9O/c1-14(2)26(36)31-18-6-16(9-27-11-18)17-7-20-23(33-34-24(20)29-10-17)22-8-19-21(32-22)4-5-28-25(19)35-12-15(3)30-13-35/h4-14,32H,1-3H3,(H,31,36)(H,29,33,34). The number of carbonyl (C=O) groups excluding carboxylic acids is 1. The molecule has 0 aliphatic heterocycles. The molecular formula is C26H23N9O. The van der Waals surface area contributed by atoms with E-state index in [4.69, 9.17) is 0 Å². The third-order valence-electron chi connectivity index (χ3n) is 6.03. The summed E-state index contributed by atoms with van der Waals surface area (Å²) in [5, 5.41) is 12.3. The van der Waals surface area contributed by atoms with Crippen LogP contribution in [-0.4, -0.2) is 45.6 Å². The first-order chi connectivity index (χ1) is 17.5. The molecule has 0 fully saturated rings. The first-order valence-electron chi connectivity index (χ1n) is 11.6. The van der Waals surface area contributed by atoms with Gasteiger partial charge in [0.15, 0.2) is 5.65 Å². The fourth-order valence-electron chi connectivity index (χ4n) is 4.13. The number of amides is 1. The number of nitrogens with zero attached hydrogens (tertiary/aromatic N) is 6. The third-order valence-corrected chi connectivity index (χ3v) is 6.03. The van der Waals surface area contributed by atoms with Gasteiger partial charge >= 0.3 is 0 Å². The van der Waals surface area contributed by atoms with E-state index in [0.717, 1.165) is 50.3 Å². The first-order valence-corrected chi connectivity index (χ1v) is 11.6. The van der Waals surface area contributed by atoms with Crippen LogP contribution >= 0.6 is 0 Å². The van der Waals surface area contributed by atoms with Crippen LogP contribution in [0.5, 0.6) is 0 Å². The van der Waals surface area contributed by atoms with Gasteiger partial charge in [0.1, 0.15) is 12.1 Å². The lowest BCUT2D eigenvalue weighted by atomic mass is 10.1. The van der Waals surface area contributed by atoms with Crippen molar-refractivity contribution in [1.29, 1.82) is 0 Å². The minimum absolute atomic E-state index is 0.0572. The first kappa shape index (κ1) is 21.7. The molecule has 0 atom stereocenters. The summed E-state index contributed by atoms with van der Waals surface area (Å²) < 4.78 is 1.91.